The van der Waals surface area contributed by atoms with Crippen LogP contribution in [0.3, 0.4) is 0 Å². The Balaban J connectivity index is 5.52. The predicted octanol–water partition coefficient (Wildman–Crippen LogP) is 23.3. The lowest BCUT2D eigenvalue weighted by atomic mass is 10.1. The lowest BCUT2D eigenvalue weighted by Gasteiger charge is -2.21. The summed E-state index contributed by atoms with van der Waals surface area (Å²) in [5.74, 6) is -2.43. The van der Waals surface area contributed by atoms with Crippen molar-refractivity contribution in [2.24, 2.45) is 0 Å². The van der Waals surface area contributed by atoms with Gasteiger partial charge in [-0.1, -0.05) is 286 Å². The van der Waals surface area contributed by atoms with Crippen LogP contribution in [0.4, 0.5) is 0 Å². The van der Waals surface area contributed by atoms with Crippen LogP contribution in [0.2, 0.25) is 0 Å². The Morgan fingerprint density at radius 3 is 0.830 bits per heavy atom. The SMILES string of the molecule is CC/C=C\C/C=C\C/C=C\C/C=C\C/C=C\CCCC(=O)OCC(COP(=O)(O)OCC(O)COP(=O)(O)OCC(COC(=O)CCCCCCCCC/C=C\C/C=C\C/C=C\CC)OC(=O)C/C=C\C/C=C\C/C=C\C/C=C\C/C=C\CC)OC(=O)CCCCCCCCC/C=C\C/C=C\C/C=C\CC. The molecule has 0 rings (SSSR count). The lowest BCUT2D eigenvalue weighted by molar-refractivity contribution is -0.161. The minimum absolute atomic E-state index is 0.0610. The van der Waals surface area contributed by atoms with Crippen LogP contribution in [0, 0.1) is 0 Å². The van der Waals surface area contributed by atoms with Gasteiger partial charge in [-0.3, -0.25) is 37.3 Å². The maximum atomic E-state index is 13.1. The van der Waals surface area contributed by atoms with Crippen molar-refractivity contribution in [3.8, 4) is 0 Å². The summed E-state index contributed by atoms with van der Waals surface area (Å²) < 4.78 is 68.4. The fraction of sp³-hybridized carbons (Fsp3) is 0.586. The van der Waals surface area contributed by atoms with Crippen molar-refractivity contribution >= 4 is 39.5 Å². The van der Waals surface area contributed by atoms with Crippen LogP contribution in [0.5, 0.6) is 0 Å². The smallest absolute Gasteiger partial charge is 0.462 e. The molecule has 0 aromatic carbocycles. The molecular weight excluding hydrogens is 1380 g/mol. The molecule has 106 heavy (non-hydrogen) atoms. The van der Waals surface area contributed by atoms with E-state index in [0.717, 1.165) is 186 Å². The molecule has 0 saturated heterocycles. The summed E-state index contributed by atoms with van der Waals surface area (Å²) in [6.45, 7) is 4.20. The summed E-state index contributed by atoms with van der Waals surface area (Å²) in [6, 6.07) is 0. The highest BCUT2D eigenvalue weighted by atomic mass is 31.2. The van der Waals surface area contributed by atoms with E-state index in [0.29, 0.717) is 32.1 Å². The molecule has 3 N–H and O–H groups in total. The number of phosphoric ester groups is 2. The molecule has 19 heteroatoms. The second kappa shape index (κ2) is 77.1. The molecule has 5 unspecified atom stereocenters. The Kier molecular flexibility index (Phi) is 72.6. The summed E-state index contributed by atoms with van der Waals surface area (Å²) in [6.07, 6.45) is 94.5. The molecule has 0 aromatic rings. The Bertz CT molecular complexity index is 2780. The quantitative estimate of drug-likeness (QED) is 0.0169. The van der Waals surface area contributed by atoms with E-state index in [9.17, 15) is 43.2 Å². The largest absolute Gasteiger partial charge is 0.472 e. The molecule has 0 fully saturated rings. The molecule has 0 bridgehead atoms. The summed E-state index contributed by atoms with van der Waals surface area (Å²) in [7, 11) is -10.0. The predicted molar refractivity (Wildman–Crippen MR) is 436 cm³/mol. The number of aliphatic hydroxyl groups excluding tert-OH is 1. The van der Waals surface area contributed by atoms with Crippen LogP contribution >= 0.6 is 15.6 Å². The van der Waals surface area contributed by atoms with Gasteiger partial charge in [-0.2, -0.15) is 0 Å². The summed E-state index contributed by atoms with van der Waals surface area (Å²) in [5.41, 5.74) is 0. The maximum Gasteiger partial charge on any atom is 0.472 e. The van der Waals surface area contributed by atoms with Crippen molar-refractivity contribution < 1.29 is 80.2 Å². The van der Waals surface area contributed by atoms with Crippen LogP contribution in [0.25, 0.3) is 0 Å². The Morgan fingerprint density at radius 2 is 0.509 bits per heavy atom. The lowest BCUT2D eigenvalue weighted by Crippen LogP contribution is -2.30. The third kappa shape index (κ3) is 76.1. The van der Waals surface area contributed by atoms with E-state index in [-0.39, 0.29) is 25.7 Å². The second-order valence-electron chi connectivity index (χ2n) is 25.5. The van der Waals surface area contributed by atoms with Gasteiger partial charge in [0.1, 0.15) is 19.3 Å². The number of rotatable bonds is 72. The number of allylic oxidation sites excluding steroid dienone is 31. The number of carbonyl (C=O) groups is 4. The third-order valence-electron chi connectivity index (χ3n) is 15.6. The topological polar surface area (TPSA) is 237 Å². The van der Waals surface area contributed by atoms with Crippen molar-refractivity contribution in [3.63, 3.8) is 0 Å². The number of esters is 4. The van der Waals surface area contributed by atoms with E-state index in [2.05, 4.69) is 186 Å². The van der Waals surface area contributed by atoms with Gasteiger partial charge in [0.25, 0.3) is 0 Å². The molecule has 0 aliphatic carbocycles. The highest BCUT2D eigenvalue weighted by Gasteiger charge is 2.30. The van der Waals surface area contributed by atoms with Crippen molar-refractivity contribution in [2.45, 2.75) is 290 Å². The molecule has 598 valence electrons. The van der Waals surface area contributed by atoms with Crippen LogP contribution in [-0.4, -0.2) is 96.7 Å². The first-order valence-electron chi connectivity index (χ1n) is 39.7. The summed E-state index contributed by atoms with van der Waals surface area (Å²) in [4.78, 5) is 73.0. The van der Waals surface area contributed by atoms with Crippen LogP contribution in [-0.2, 0) is 65.4 Å². The van der Waals surface area contributed by atoms with E-state index in [1.165, 1.54) is 0 Å². The first-order chi connectivity index (χ1) is 51.7. The van der Waals surface area contributed by atoms with Gasteiger partial charge >= 0.3 is 39.5 Å². The minimum Gasteiger partial charge on any atom is -0.462 e. The van der Waals surface area contributed by atoms with E-state index < -0.39 is 97.5 Å². The fourth-order valence-corrected chi connectivity index (χ4v) is 11.3. The second-order valence-corrected chi connectivity index (χ2v) is 28.4. The number of carbonyl (C=O) groups excluding carboxylic acids is 4. The zero-order valence-corrected chi connectivity index (χ0v) is 67.1. The Hall–Kier alpha value is -6.10. The van der Waals surface area contributed by atoms with Gasteiger partial charge in [-0.05, 0) is 154 Å². The monoisotopic (exact) mass is 1520 g/mol. The molecule has 0 radical (unpaired) electrons. The van der Waals surface area contributed by atoms with Crippen LogP contribution in [0.15, 0.2) is 194 Å². The van der Waals surface area contributed by atoms with Gasteiger partial charge in [0.05, 0.1) is 32.8 Å². The van der Waals surface area contributed by atoms with Crippen LogP contribution in [0.1, 0.15) is 272 Å². The number of aliphatic hydroxyl groups is 1. The van der Waals surface area contributed by atoms with Crippen molar-refractivity contribution in [1.29, 1.82) is 0 Å². The molecule has 0 saturated carbocycles. The molecular formula is C87H138O17P2. The van der Waals surface area contributed by atoms with E-state index in [1.807, 2.05) is 24.3 Å². The molecule has 0 amide bonds. The minimum atomic E-state index is -5.02. The van der Waals surface area contributed by atoms with Crippen LogP contribution < -0.4 is 0 Å². The first kappa shape index (κ1) is 99.9. The van der Waals surface area contributed by atoms with Gasteiger partial charge < -0.3 is 33.8 Å². The molecule has 0 aliphatic heterocycles. The molecule has 0 heterocycles. The summed E-state index contributed by atoms with van der Waals surface area (Å²) in [5, 5.41) is 10.6. The van der Waals surface area contributed by atoms with E-state index in [4.69, 9.17) is 37.0 Å². The zero-order valence-electron chi connectivity index (χ0n) is 65.3. The molecule has 5 atom stereocenters. The molecule has 0 spiro atoms. The number of hydrogen-bond acceptors (Lipinski definition) is 15. The number of phosphoric acid groups is 2. The normalized spacial score (nSPS) is 14.9. The van der Waals surface area contributed by atoms with Gasteiger partial charge in [0.2, 0.25) is 0 Å². The number of hydrogen-bond donors (Lipinski definition) is 3. The van der Waals surface area contributed by atoms with E-state index >= 15 is 0 Å². The molecule has 0 aliphatic rings. The number of ether oxygens (including phenoxy) is 4. The summed E-state index contributed by atoms with van der Waals surface area (Å²) >= 11 is 0. The van der Waals surface area contributed by atoms with Gasteiger partial charge in [0, 0.05) is 19.3 Å². The Labute approximate surface area is 640 Å². The van der Waals surface area contributed by atoms with Gasteiger partial charge in [-0.15, -0.1) is 0 Å². The van der Waals surface area contributed by atoms with Crippen molar-refractivity contribution in [2.75, 3.05) is 39.6 Å². The fourth-order valence-electron chi connectivity index (χ4n) is 9.71. The number of unbranched alkanes of at least 4 members (excludes halogenated alkanes) is 15. The van der Waals surface area contributed by atoms with E-state index in [1.54, 1.807) is 12.2 Å². The molecule has 0 aromatic heterocycles. The highest BCUT2D eigenvalue weighted by Crippen LogP contribution is 2.45. The Morgan fingerprint density at radius 1 is 0.274 bits per heavy atom. The average molecular weight is 1520 g/mol. The van der Waals surface area contributed by atoms with Gasteiger partial charge in [0.15, 0.2) is 12.2 Å². The van der Waals surface area contributed by atoms with Gasteiger partial charge in [-0.25, -0.2) is 9.13 Å². The maximum absolute atomic E-state index is 13.1. The third-order valence-corrected chi connectivity index (χ3v) is 17.5. The van der Waals surface area contributed by atoms with Crippen molar-refractivity contribution in [3.05, 3.63) is 194 Å². The molecule has 17 nitrogen and oxygen atoms in total. The zero-order chi connectivity index (χ0) is 77.4. The van der Waals surface area contributed by atoms with Crippen molar-refractivity contribution in [1.82, 2.24) is 0 Å². The average Bonchev–Trinajstić information content (AvgIpc) is 0.902. The standard InChI is InChI=1S/C87H138O17P2/c1-5-9-13-17-21-25-29-33-37-40-44-47-51-55-59-63-67-71-84(89)97-77-82(103-86(91)73-69-65-61-57-53-49-43-36-32-28-24-20-16-12-8-4)79-101-105(93,94)99-75-81(88)76-100-106(95,96)102-80-83(104-87(92)74-70-66-62-58-54-50-46-42-39-35-31-27-23-19-15-11-7-3)78-98-85(90)72-68-64-60-56-52-48-45-41-38-34-30-26-22-18-14-10-6-2/h9-16,21-28,33-39,43,45,48,53,56-57,60,65,69,81-83,88H,5-8,17-20,29-32,40-42,44,46-47,49-52,54-55,58-59,61-64,66-68,70-80H2,1-4H3,(H,93,94)(H,95,96)/b13-9-,14-10-,15-11-,16-12-,25-21-,26-22-,27-23-,28-24-,37-33-,38-34-,39-35-,43-36-,48-45-,57-53-,60-56-,69-65-. The highest BCUT2D eigenvalue weighted by molar-refractivity contribution is 7.47. The first-order valence-corrected chi connectivity index (χ1v) is 42.7.